The van der Waals surface area contributed by atoms with Gasteiger partial charge in [0, 0.05) is 19.6 Å². The molecule has 26 heavy (non-hydrogen) atoms. The Bertz CT molecular complexity index is 957. The number of alkyl halides is 1. The van der Waals surface area contributed by atoms with Crippen molar-refractivity contribution in [2.24, 2.45) is 22.7 Å². The van der Waals surface area contributed by atoms with Crippen LogP contribution < -0.4 is 4.80 Å². The summed E-state index contributed by atoms with van der Waals surface area (Å²) in [5.41, 5.74) is 3.73. The molecular formula is C20H24BrN3OS. The Morgan fingerprint density at radius 2 is 2.08 bits per heavy atom. The fourth-order valence-corrected chi connectivity index (χ4v) is 6.13. The van der Waals surface area contributed by atoms with Gasteiger partial charge in [0.05, 0.1) is 20.8 Å². The van der Waals surface area contributed by atoms with Crippen LogP contribution in [0.15, 0.2) is 46.1 Å². The molecule has 4 rings (SSSR count). The summed E-state index contributed by atoms with van der Waals surface area (Å²) in [6.45, 7) is 2.35. The first-order valence-corrected chi connectivity index (χ1v) is 10.8. The fourth-order valence-electron chi connectivity index (χ4n) is 4.15. The highest BCUT2D eigenvalue weighted by atomic mass is 79.9. The third-order valence-corrected chi connectivity index (χ3v) is 8.43. The van der Waals surface area contributed by atoms with Crippen LogP contribution in [0.25, 0.3) is 10.2 Å². The number of para-hydroxylation sites is 1. The summed E-state index contributed by atoms with van der Waals surface area (Å²) in [5, 5.41) is 9.22. The van der Waals surface area contributed by atoms with Crippen molar-refractivity contribution >= 4 is 43.2 Å². The van der Waals surface area contributed by atoms with Crippen molar-refractivity contribution in [1.82, 2.24) is 4.57 Å². The standard InChI is InChI=1S/C20H24BrN3OS/c1-20-11-7-6-8-13(20)12-14(17(25-3)18(20)21)22-23-19-24(2)15-9-4-5-10-16(15)26-19/h4-5,9-10,12,17-18H,6-8,11H2,1-3H3/b22-14-,23-19+. The monoisotopic (exact) mass is 433 g/mol. The maximum absolute atomic E-state index is 5.82. The van der Waals surface area contributed by atoms with Gasteiger partial charge in [-0.1, -0.05) is 58.3 Å². The number of hydrogen-bond donors (Lipinski definition) is 0. The molecule has 2 aliphatic rings. The van der Waals surface area contributed by atoms with Crippen LogP contribution in [-0.4, -0.2) is 28.3 Å². The van der Waals surface area contributed by atoms with E-state index in [-0.39, 0.29) is 16.3 Å². The van der Waals surface area contributed by atoms with E-state index in [0.29, 0.717) is 0 Å². The first-order chi connectivity index (χ1) is 12.5. The number of nitrogens with zero attached hydrogens (tertiary/aromatic N) is 3. The average molecular weight is 434 g/mol. The summed E-state index contributed by atoms with van der Waals surface area (Å²) in [7, 11) is 3.80. The molecule has 3 unspecified atom stereocenters. The predicted octanol–water partition coefficient (Wildman–Crippen LogP) is 4.80. The number of aromatic nitrogens is 1. The average Bonchev–Trinajstić information content (AvgIpc) is 2.97. The number of allylic oxidation sites excluding steroid dienone is 1. The summed E-state index contributed by atoms with van der Waals surface area (Å²) in [6.07, 6.45) is 7.04. The number of methoxy groups -OCH3 is 1. The van der Waals surface area contributed by atoms with E-state index >= 15 is 0 Å². The SMILES string of the molecule is COC1/C(=N\N=c2\sc3ccccc3n2C)C=C2CCCCC2(C)C1Br. The molecule has 3 atom stereocenters. The van der Waals surface area contributed by atoms with Gasteiger partial charge in [-0.25, -0.2) is 0 Å². The molecule has 2 aliphatic carbocycles. The maximum atomic E-state index is 5.82. The van der Waals surface area contributed by atoms with E-state index in [1.165, 1.54) is 35.1 Å². The van der Waals surface area contributed by atoms with Gasteiger partial charge in [0.2, 0.25) is 4.80 Å². The Morgan fingerprint density at radius 1 is 1.27 bits per heavy atom. The Balaban J connectivity index is 1.80. The van der Waals surface area contributed by atoms with Crippen molar-refractivity contribution in [2.45, 2.75) is 43.5 Å². The van der Waals surface area contributed by atoms with Crippen molar-refractivity contribution in [1.29, 1.82) is 0 Å². The molecule has 1 aromatic carbocycles. The molecule has 4 nitrogen and oxygen atoms in total. The first-order valence-electron chi connectivity index (χ1n) is 9.08. The lowest BCUT2D eigenvalue weighted by atomic mass is 9.65. The van der Waals surface area contributed by atoms with Crippen LogP contribution in [0.2, 0.25) is 0 Å². The maximum Gasteiger partial charge on any atom is 0.211 e. The van der Waals surface area contributed by atoms with Gasteiger partial charge < -0.3 is 9.30 Å². The molecule has 2 aromatic rings. The van der Waals surface area contributed by atoms with E-state index in [4.69, 9.17) is 4.74 Å². The van der Waals surface area contributed by atoms with E-state index in [2.05, 4.69) is 68.0 Å². The molecule has 0 aliphatic heterocycles. The quantitative estimate of drug-likeness (QED) is 0.495. The van der Waals surface area contributed by atoms with Crippen molar-refractivity contribution in [3.8, 4) is 0 Å². The van der Waals surface area contributed by atoms with Crippen molar-refractivity contribution < 1.29 is 4.74 Å². The van der Waals surface area contributed by atoms with Gasteiger partial charge in [-0.3, -0.25) is 0 Å². The second-order valence-corrected chi connectivity index (χ2v) is 9.38. The van der Waals surface area contributed by atoms with Gasteiger partial charge in [-0.05, 0) is 37.5 Å². The van der Waals surface area contributed by atoms with E-state index in [9.17, 15) is 0 Å². The molecule has 1 heterocycles. The molecule has 1 aromatic heterocycles. The second kappa shape index (κ2) is 7.06. The lowest BCUT2D eigenvalue weighted by Crippen LogP contribution is -2.48. The zero-order valence-corrected chi connectivity index (χ0v) is 17.8. The smallest absolute Gasteiger partial charge is 0.211 e. The topological polar surface area (TPSA) is 38.9 Å². The highest BCUT2D eigenvalue weighted by Crippen LogP contribution is 2.50. The third kappa shape index (κ3) is 2.92. The molecule has 0 radical (unpaired) electrons. The van der Waals surface area contributed by atoms with Gasteiger partial charge >= 0.3 is 0 Å². The van der Waals surface area contributed by atoms with Crippen LogP contribution in [-0.2, 0) is 11.8 Å². The van der Waals surface area contributed by atoms with Crippen molar-refractivity contribution in [2.75, 3.05) is 7.11 Å². The second-order valence-electron chi connectivity index (χ2n) is 7.39. The van der Waals surface area contributed by atoms with E-state index in [1.54, 1.807) is 18.4 Å². The lowest BCUT2D eigenvalue weighted by molar-refractivity contribution is 0.111. The van der Waals surface area contributed by atoms with Crippen LogP contribution in [0.1, 0.15) is 32.6 Å². The zero-order valence-electron chi connectivity index (χ0n) is 15.4. The predicted molar refractivity (Wildman–Crippen MR) is 112 cm³/mol. The highest BCUT2D eigenvalue weighted by Gasteiger charge is 2.46. The summed E-state index contributed by atoms with van der Waals surface area (Å²) < 4.78 is 9.14. The van der Waals surface area contributed by atoms with E-state index < -0.39 is 0 Å². The summed E-state index contributed by atoms with van der Waals surface area (Å²) >= 11 is 5.59. The zero-order chi connectivity index (χ0) is 18.3. The number of aryl methyl sites for hydroxylation is 1. The Kier molecular flexibility index (Phi) is 4.92. The lowest BCUT2D eigenvalue weighted by Gasteiger charge is -2.46. The molecule has 0 saturated heterocycles. The van der Waals surface area contributed by atoms with Crippen LogP contribution in [0.5, 0.6) is 0 Å². The third-order valence-electron chi connectivity index (χ3n) is 5.83. The highest BCUT2D eigenvalue weighted by molar-refractivity contribution is 9.09. The number of halogens is 1. The largest absolute Gasteiger partial charge is 0.374 e. The Hall–Kier alpha value is -1.24. The molecule has 0 spiro atoms. The normalized spacial score (nSPS) is 31.3. The number of benzene rings is 1. The minimum absolute atomic E-state index is 0.0784. The molecule has 1 fully saturated rings. The Labute approximate surface area is 166 Å². The van der Waals surface area contributed by atoms with E-state index in [1.807, 2.05) is 7.05 Å². The number of hydrogen-bond acceptors (Lipinski definition) is 4. The number of thiazole rings is 1. The fraction of sp³-hybridized carbons (Fsp3) is 0.500. The number of fused-ring (bicyclic) bond motifs is 2. The minimum atomic E-state index is -0.0784. The molecular weight excluding hydrogens is 410 g/mol. The molecule has 0 N–H and O–H groups in total. The van der Waals surface area contributed by atoms with Gasteiger partial charge in [0.25, 0.3) is 0 Å². The first kappa shape index (κ1) is 18.1. The molecule has 6 heteroatoms. The molecule has 0 bridgehead atoms. The summed E-state index contributed by atoms with van der Waals surface area (Å²) in [4.78, 5) is 1.13. The van der Waals surface area contributed by atoms with Gasteiger partial charge in [-0.2, -0.15) is 0 Å². The van der Waals surface area contributed by atoms with Gasteiger partial charge in [-0.15, -0.1) is 10.2 Å². The van der Waals surface area contributed by atoms with Crippen LogP contribution in [0.3, 0.4) is 0 Å². The number of rotatable bonds is 2. The summed E-state index contributed by atoms with van der Waals surface area (Å²) in [5.74, 6) is 0. The van der Waals surface area contributed by atoms with Crippen LogP contribution in [0, 0.1) is 5.41 Å². The van der Waals surface area contributed by atoms with Crippen molar-refractivity contribution in [3.05, 3.63) is 40.7 Å². The van der Waals surface area contributed by atoms with Crippen molar-refractivity contribution in [3.63, 3.8) is 0 Å². The van der Waals surface area contributed by atoms with Gasteiger partial charge in [0.1, 0.15) is 6.10 Å². The van der Waals surface area contributed by atoms with Gasteiger partial charge in [0.15, 0.2) is 0 Å². The molecule has 138 valence electrons. The molecule has 0 amide bonds. The van der Waals surface area contributed by atoms with Crippen LogP contribution >= 0.6 is 27.3 Å². The molecule has 1 saturated carbocycles. The summed E-state index contributed by atoms with van der Waals surface area (Å²) in [6, 6.07) is 8.34. The number of ether oxygens (including phenoxy) is 1. The Morgan fingerprint density at radius 3 is 2.85 bits per heavy atom. The van der Waals surface area contributed by atoms with E-state index in [0.717, 1.165) is 16.9 Å². The van der Waals surface area contributed by atoms with Crippen LogP contribution in [0.4, 0.5) is 0 Å². The minimum Gasteiger partial charge on any atom is -0.374 e.